The van der Waals surface area contributed by atoms with E-state index in [4.69, 9.17) is 5.73 Å². The molecule has 17 heavy (non-hydrogen) atoms. The molecule has 2 unspecified atom stereocenters. The molecule has 2 N–H and O–H groups in total. The van der Waals surface area contributed by atoms with Gasteiger partial charge in [-0.15, -0.1) is 0 Å². The Kier molecular flexibility index (Phi) is 3.52. The third-order valence-electron chi connectivity index (χ3n) is 3.64. The molecule has 0 radical (unpaired) electrons. The molecule has 2 atom stereocenters. The molecule has 0 spiro atoms. The van der Waals surface area contributed by atoms with Gasteiger partial charge in [0.25, 0.3) is 5.91 Å². The molecule has 1 fully saturated rings. The fourth-order valence-electron chi connectivity index (χ4n) is 2.63. The number of rotatable bonds is 3. The summed E-state index contributed by atoms with van der Waals surface area (Å²) in [6.07, 6.45) is 2.98. The van der Waals surface area contributed by atoms with E-state index in [1.54, 1.807) is 0 Å². The van der Waals surface area contributed by atoms with Gasteiger partial charge >= 0.3 is 0 Å². The van der Waals surface area contributed by atoms with Gasteiger partial charge in [-0.05, 0) is 44.9 Å². The molecule has 4 heteroatoms. The predicted octanol–water partition coefficient (Wildman–Crippen LogP) is 1.32. The number of likely N-dealkylation sites (tertiary alicyclic amines) is 1. The zero-order chi connectivity index (χ0) is 12.4. The number of aryl methyl sites for hydroxylation is 1. The highest BCUT2D eigenvalue weighted by Crippen LogP contribution is 2.24. The Morgan fingerprint density at radius 1 is 1.59 bits per heavy atom. The van der Waals surface area contributed by atoms with Crippen molar-refractivity contribution in [1.82, 2.24) is 9.47 Å². The smallest absolute Gasteiger partial charge is 0.270 e. The lowest BCUT2D eigenvalue weighted by atomic mass is 10.1. The summed E-state index contributed by atoms with van der Waals surface area (Å²) in [5, 5.41) is 0. The summed E-state index contributed by atoms with van der Waals surface area (Å²) >= 11 is 0. The molecular formula is C13H21N3O. The third kappa shape index (κ3) is 2.22. The van der Waals surface area contributed by atoms with E-state index < -0.39 is 0 Å². The number of amides is 1. The number of carbonyl (C=O) groups excluding carboxylic acids is 1. The molecular weight excluding hydrogens is 214 g/mol. The summed E-state index contributed by atoms with van der Waals surface area (Å²) in [4.78, 5) is 14.4. The molecule has 1 saturated heterocycles. The molecule has 1 aliphatic heterocycles. The number of hydrogen-bond donors (Lipinski definition) is 1. The molecule has 94 valence electrons. The van der Waals surface area contributed by atoms with Crippen LogP contribution in [-0.4, -0.2) is 34.5 Å². The van der Waals surface area contributed by atoms with Gasteiger partial charge < -0.3 is 15.2 Å². The van der Waals surface area contributed by atoms with Crippen LogP contribution < -0.4 is 5.73 Å². The van der Waals surface area contributed by atoms with E-state index in [0.717, 1.165) is 25.2 Å². The number of nitrogens with two attached hydrogens (primary N) is 1. The van der Waals surface area contributed by atoms with Crippen LogP contribution in [0.15, 0.2) is 18.3 Å². The van der Waals surface area contributed by atoms with Crippen LogP contribution in [0.4, 0.5) is 0 Å². The topological polar surface area (TPSA) is 51.3 Å². The minimum absolute atomic E-state index is 0.139. The fourth-order valence-corrected chi connectivity index (χ4v) is 2.63. The molecule has 0 bridgehead atoms. The first-order valence-corrected chi connectivity index (χ1v) is 6.33. The first kappa shape index (κ1) is 12.2. The second-order valence-corrected chi connectivity index (χ2v) is 4.82. The third-order valence-corrected chi connectivity index (χ3v) is 3.64. The lowest BCUT2D eigenvalue weighted by molar-refractivity contribution is 0.0732. The van der Waals surface area contributed by atoms with Crippen LogP contribution >= 0.6 is 0 Å². The number of aromatic nitrogens is 1. The minimum Gasteiger partial charge on any atom is -0.344 e. The molecule has 2 heterocycles. The second kappa shape index (κ2) is 4.92. The SMILES string of the molecule is CCn1cccc1C(=O)N1CC(CN)CC1C. The Morgan fingerprint density at radius 2 is 2.35 bits per heavy atom. The fraction of sp³-hybridized carbons (Fsp3) is 0.615. The maximum absolute atomic E-state index is 12.4. The summed E-state index contributed by atoms with van der Waals surface area (Å²) < 4.78 is 1.99. The van der Waals surface area contributed by atoms with Gasteiger partial charge in [0, 0.05) is 25.3 Å². The van der Waals surface area contributed by atoms with Crippen LogP contribution in [0.25, 0.3) is 0 Å². The van der Waals surface area contributed by atoms with Crippen molar-refractivity contribution in [3.63, 3.8) is 0 Å². The molecule has 0 saturated carbocycles. The number of carbonyl (C=O) groups is 1. The van der Waals surface area contributed by atoms with Crippen molar-refractivity contribution in [2.45, 2.75) is 32.9 Å². The molecule has 0 aliphatic carbocycles. The maximum atomic E-state index is 12.4. The van der Waals surface area contributed by atoms with Gasteiger partial charge in [0.2, 0.25) is 0 Å². The van der Waals surface area contributed by atoms with Crippen LogP contribution in [-0.2, 0) is 6.54 Å². The molecule has 2 rings (SSSR count). The summed E-state index contributed by atoms with van der Waals surface area (Å²) in [6.45, 7) is 6.45. The van der Waals surface area contributed by atoms with E-state index in [0.29, 0.717) is 18.5 Å². The molecule has 4 nitrogen and oxygen atoms in total. The molecule has 0 aromatic carbocycles. The van der Waals surface area contributed by atoms with Crippen molar-refractivity contribution in [2.75, 3.05) is 13.1 Å². The standard InChI is InChI=1S/C13H21N3O/c1-3-15-6-4-5-12(15)13(17)16-9-11(8-14)7-10(16)2/h4-6,10-11H,3,7-9,14H2,1-2H3. The average Bonchev–Trinajstić information content (AvgIpc) is 2.93. The van der Waals surface area contributed by atoms with E-state index >= 15 is 0 Å². The van der Waals surface area contributed by atoms with Crippen molar-refractivity contribution in [1.29, 1.82) is 0 Å². The summed E-state index contributed by atoms with van der Waals surface area (Å²) in [5.74, 6) is 0.597. The first-order chi connectivity index (χ1) is 8.17. The van der Waals surface area contributed by atoms with E-state index in [-0.39, 0.29) is 5.91 Å². The van der Waals surface area contributed by atoms with Crippen LogP contribution in [0.2, 0.25) is 0 Å². The first-order valence-electron chi connectivity index (χ1n) is 6.33. The molecule has 1 aromatic heterocycles. The Balaban J connectivity index is 2.15. The zero-order valence-corrected chi connectivity index (χ0v) is 10.6. The Morgan fingerprint density at radius 3 is 2.94 bits per heavy atom. The van der Waals surface area contributed by atoms with Gasteiger partial charge in [0.15, 0.2) is 0 Å². The van der Waals surface area contributed by atoms with Crippen molar-refractivity contribution in [2.24, 2.45) is 11.7 Å². The molecule has 1 aliphatic rings. The van der Waals surface area contributed by atoms with Crippen LogP contribution in [0.5, 0.6) is 0 Å². The highest BCUT2D eigenvalue weighted by atomic mass is 16.2. The number of nitrogens with zero attached hydrogens (tertiary/aromatic N) is 2. The highest BCUT2D eigenvalue weighted by molar-refractivity contribution is 5.93. The van der Waals surface area contributed by atoms with Gasteiger partial charge in [0.05, 0.1) is 0 Å². The van der Waals surface area contributed by atoms with Crippen molar-refractivity contribution < 1.29 is 4.79 Å². The minimum atomic E-state index is 0.139. The average molecular weight is 235 g/mol. The van der Waals surface area contributed by atoms with E-state index in [2.05, 4.69) is 6.92 Å². The highest BCUT2D eigenvalue weighted by Gasteiger charge is 2.32. The van der Waals surface area contributed by atoms with E-state index in [1.165, 1.54) is 0 Å². The van der Waals surface area contributed by atoms with Crippen molar-refractivity contribution in [3.8, 4) is 0 Å². The number of hydrogen-bond acceptors (Lipinski definition) is 2. The molecule has 1 aromatic rings. The van der Waals surface area contributed by atoms with Crippen molar-refractivity contribution >= 4 is 5.91 Å². The van der Waals surface area contributed by atoms with Crippen LogP contribution in [0.3, 0.4) is 0 Å². The summed E-state index contributed by atoms with van der Waals surface area (Å²) in [6, 6.07) is 4.13. The normalized spacial score (nSPS) is 24.3. The van der Waals surface area contributed by atoms with Crippen LogP contribution in [0, 0.1) is 5.92 Å². The quantitative estimate of drug-likeness (QED) is 0.859. The van der Waals surface area contributed by atoms with Gasteiger partial charge in [-0.3, -0.25) is 4.79 Å². The molecule has 1 amide bonds. The van der Waals surface area contributed by atoms with Crippen LogP contribution in [0.1, 0.15) is 30.8 Å². The van der Waals surface area contributed by atoms with E-state index in [9.17, 15) is 4.79 Å². The lowest BCUT2D eigenvalue weighted by Gasteiger charge is -2.22. The summed E-state index contributed by atoms with van der Waals surface area (Å²) in [5.41, 5.74) is 6.48. The Labute approximate surface area is 102 Å². The second-order valence-electron chi connectivity index (χ2n) is 4.82. The predicted molar refractivity (Wildman–Crippen MR) is 67.8 cm³/mol. The summed E-state index contributed by atoms with van der Waals surface area (Å²) in [7, 11) is 0. The van der Waals surface area contributed by atoms with E-state index in [1.807, 2.05) is 34.7 Å². The Bertz CT molecular complexity index is 399. The maximum Gasteiger partial charge on any atom is 0.270 e. The monoisotopic (exact) mass is 235 g/mol. The lowest BCUT2D eigenvalue weighted by Crippen LogP contribution is -2.35. The van der Waals surface area contributed by atoms with Gasteiger partial charge in [-0.2, -0.15) is 0 Å². The van der Waals surface area contributed by atoms with Crippen molar-refractivity contribution in [3.05, 3.63) is 24.0 Å². The largest absolute Gasteiger partial charge is 0.344 e. The zero-order valence-electron chi connectivity index (χ0n) is 10.6. The van der Waals surface area contributed by atoms with Gasteiger partial charge in [0.1, 0.15) is 5.69 Å². The Hall–Kier alpha value is -1.29. The van der Waals surface area contributed by atoms with Gasteiger partial charge in [-0.1, -0.05) is 0 Å². The van der Waals surface area contributed by atoms with Gasteiger partial charge in [-0.25, -0.2) is 0 Å².